The Bertz CT molecular complexity index is 694. The van der Waals surface area contributed by atoms with Crippen LogP contribution in [-0.2, 0) is 9.47 Å². The maximum atomic E-state index is 13.0. The predicted octanol–water partition coefficient (Wildman–Crippen LogP) is 5.05. The largest absolute Gasteiger partial charge is 0.486 e. The van der Waals surface area contributed by atoms with E-state index in [-0.39, 0.29) is 28.6 Å². The molecule has 0 atom stereocenters. The van der Waals surface area contributed by atoms with Gasteiger partial charge in [0.1, 0.15) is 0 Å². The molecule has 0 aromatic heterocycles. The average Bonchev–Trinajstić information content (AvgIpc) is 2.66. The number of benzene rings is 1. The molecule has 5 heteroatoms. The van der Waals surface area contributed by atoms with E-state index in [0.29, 0.717) is 24.5 Å². The van der Waals surface area contributed by atoms with Gasteiger partial charge in [-0.15, -0.1) is 0 Å². The van der Waals surface area contributed by atoms with E-state index in [0.717, 1.165) is 51.4 Å². The van der Waals surface area contributed by atoms with Crippen molar-refractivity contribution in [3.8, 4) is 0 Å². The van der Waals surface area contributed by atoms with E-state index < -0.39 is 0 Å². The molecule has 0 aliphatic heterocycles. The third-order valence-electron chi connectivity index (χ3n) is 4.68. The second kappa shape index (κ2) is 10.8. The normalized spacial score (nSPS) is 13.7. The molecule has 1 aliphatic rings. The van der Waals surface area contributed by atoms with Crippen molar-refractivity contribution >= 4 is 17.3 Å². The summed E-state index contributed by atoms with van der Waals surface area (Å²) in [5.41, 5.74) is 6.77. The summed E-state index contributed by atoms with van der Waals surface area (Å²) in [5, 5.41) is 0. The van der Waals surface area contributed by atoms with Crippen molar-refractivity contribution in [3.05, 3.63) is 40.8 Å². The van der Waals surface area contributed by atoms with Gasteiger partial charge in [0.05, 0.1) is 18.8 Å². The number of ether oxygens (including phenoxy) is 2. The first-order valence-corrected chi connectivity index (χ1v) is 10.1. The number of carbonyl (C=O) groups is 2. The van der Waals surface area contributed by atoms with Crippen molar-refractivity contribution in [1.29, 1.82) is 0 Å². The number of carbonyl (C=O) groups excluding carboxylic acids is 2. The number of nitrogens with two attached hydrogens (primary N) is 1. The van der Waals surface area contributed by atoms with Gasteiger partial charge in [0.2, 0.25) is 23.1 Å². The minimum atomic E-state index is -0.359. The number of Topliss-reactive ketones (excluding diaryl/α,β-unsaturated/α-hetero) is 2. The SMILES string of the molecule is CCCCCCOC1=C(OCCCCCC)C(=O)c2c(N)cccc2C1=O. The number of hydrogen-bond donors (Lipinski definition) is 1. The Morgan fingerprint density at radius 3 is 1.89 bits per heavy atom. The molecule has 1 aromatic rings. The van der Waals surface area contributed by atoms with Gasteiger partial charge >= 0.3 is 0 Å². The van der Waals surface area contributed by atoms with Crippen molar-refractivity contribution in [2.24, 2.45) is 0 Å². The van der Waals surface area contributed by atoms with E-state index >= 15 is 0 Å². The van der Waals surface area contributed by atoms with Crippen LogP contribution in [0.3, 0.4) is 0 Å². The number of fused-ring (bicyclic) bond motifs is 1. The van der Waals surface area contributed by atoms with Gasteiger partial charge in [-0.3, -0.25) is 9.59 Å². The smallest absolute Gasteiger partial charge is 0.234 e. The molecule has 2 N–H and O–H groups in total. The van der Waals surface area contributed by atoms with E-state index in [9.17, 15) is 9.59 Å². The van der Waals surface area contributed by atoms with Crippen molar-refractivity contribution in [2.75, 3.05) is 18.9 Å². The standard InChI is InChI=1S/C22H31NO4/c1-3-5-7-9-14-26-21-19(24)16-12-11-13-17(23)18(16)20(25)22(21)27-15-10-8-6-4-2/h11-13H,3-10,14-15,23H2,1-2H3. The summed E-state index contributed by atoms with van der Waals surface area (Å²) in [7, 11) is 0. The second-order valence-electron chi connectivity index (χ2n) is 6.90. The van der Waals surface area contributed by atoms with Gasteiger partial charge < -0.3 is 15.2 Å². The Balaban J connectivity index is 2.18. The van der Waals surface area contributed by atoms with Crippen LogP contribution in [-0.4, -0.2) is 24.8 Å². The number of rotatable bonds is 12. The van der Waals surface area contributed by atoms with Crippen LogP contribution in [0.2, 0.25) is 0 Å². The number of unbranched alkanes of at least 4 members (excludes halogenated alkanes) is 6. The third-order valence-corrected chi connectivity index (χ3v) is 4.68. The van der Waals surface area contributed by atoms with Gasteiger partial charge in [-0.1, -0.05) is 64.5 Å². The van der Waals surface area contributed by atoms with Gasteiger partial charge in [0, 0.05) is 11.3 Å². The number of ketones is 2. The highest BCUT2D eigenvalue weighted by Crippen LogP contribution is 2.31. The van der Waals surface area contributed by atoms with Gasteiger partial charge in [-0.2, -0.15) is 0 Å². The van der Waals surface area contributed by atoms with E-state index in [4.69, 9.17) is 15.2 Å². The lowest BCUT2D eigenvalue weighted by atomic mass is 9.91. The summed E-state index contributed by atoms with van der Waals surface area (Å²) in [6.07, 6.45) is 8.21. The lowest BCUT2D eigenvalue weighted by molar-refractivity contribution is 0.0744. The molecule has 0 saturated carbocycles. The van der Waals surface area contributed by atoms with Crippen LogP contribution in [0.1, 0.15) is 85.9 Å². The molecule has 0 heterocycles. The van der Waals surface area contributed by atoms with Crippen LogP contribution in [0, 0.1) is 0 Å². The minimum Gasteiger partial charge on any atom is -0.486 e. The topological polar surface area (TPSA) is 78.6 Å². The molecule has 1 aromatic carbocycles. The summed E-state index contributed by atoms with van der Waals surface area (Å²) >= 11 is 0. The number of hydrogen-bond acceptors (Lipinski definition) is 5. The first-order chi connectivity index (χ1) is 13.1. The molecule has 2 rings (SSSR count). The maximum absolute atomic E-state index is 13.0. The molecule has 0 radical (unpaired) electrons. The van der Waals surface area contributed by atoms with Crippen molar-refractivity contribution in [3.63, 3.8) is 0 Å². The first kappa shape index (κ1) is 21.0. The molecule has 0 amide bonds. The van der Waals surface area contributed by atoms with Crippen LogP contribution in [0.4, 0.5) is 5.69 Å². The average molecular weight is 373 g/mol. The molecular weight excluding hydrogens is 342 g/mol. The van der Waals surface area contributed by atoms with Gasteiger partial charge in [-0.05, 0) is 18.9 Å². The molecule has 1 aliphatic carbocycles. The van der Waals surface area contributed by atoms with Gasteiger partial charge in [0.15, 0.2) is 0 Å². The Morgan fingerprint density at radius 1 is 0.778 bits per heavy atom. The number of allylic oxidation sites excluding steroid dienone is 2. The van der Waals surface area contributed by atoms with E-state index in [2.05, 4.69) is 13.8 Å². The molecule has 0 bridgehead atoms. The highest BCUT2D eigenvalue weighted by Gasteiger charge is 2.36. The van der Waals surface area contributed by atoms with Crippen LogP contribution >= 0.6 is 0 Å². The van der Waals surface area contributed by atoms with Crippen LogP contribution in [0.15, 0.2) is 29.7 Å². The summed E-state index contributed by atoms with van der Waals surface area (Å²) in [6.45, 7) is 5.06. The van der Waals surface area contributed by atoms with Crippen LogP contribution < -0.4 is 5.73 Å². The highest BCUT2D eigenvalue weighted by molar-refractivity contribution is 6.27. The number of anilines is 1. The van der Waals surface area contributed by atoms with Crippen molar-refractivity contribution in [1.82, 2.24) is 0 Å². The van der Waals surface area contributed by atoms with E-state index in [1.54, 1.807) is 18.2 Å². The van der Waals surface area contributed by atoms with Crippen molar-refractivity contribution in [2.45, 2.75) is 65.2 Å². The molecular formula is C22H31NO4. The lowest BCUT2D eigenvalue weighted by Gasteiger charge is -2.22. The van der Waals surface area contributed by atoms with E-state index in [1.807, 2.05) is 0 Å². The molecule has 27 heavy (non-hydrogen) atoms. The Hall–Kier alpha value is -2.30. The Labute approximate surface area is 161 Å². The molecule has 0 unspecified atom stereocenters. The Kier molecular flexibility index (Phi) is 8.37. The van der Waals surface area contributed by atoms with Crippen LogP contribution in [0.25, 0.3) is 0 Å². The summed E-state index contributed by atoms with van der Waals surface area (Å²) in [4.78, 5) is 25.9. The minimum absolute atomic E-state index is 0.0115. The second-order valence-corrected chi connectivity index (χ2v) is 6.90. The predicted molar refractivity (Wildman–Crippen MR) is 107 cm³/mol. The first-order valence-electron chi connectivity index (χ1n) is 10.1. The van der Waals surface area contributed by atoms with Gasteiger partial charge in [0.25, 0.3) is 0 Å². The van der Waals surface area contributed by atoms with Crippen molar-refractivity contribution < 1.29 is 19.1 Å². The zero-order chi connectivity index (χ0) is 19.6. The molecule has 0 saturated heterocycles. The lowest BCUT2D eigenvalue weighted by Crippen LogP contribution is -2.26. The summed E-state index contributed by atoms with van der Waals surface area (Å²) < 4.78 is 11.5. The summed E-state index contributed by atoms with van der Waals surface area (Å²) in [5.74, 6) is -0.639. The Morgan fingerprint density at radius 2 is 1.33 bits per heavy atom. The zero-order valence-corrected chi connectivity index (χ0v) is 16.5. The molecule has 148 valence electrons. The fourth-order valence-corrected chi connectivity index (χ4v) is 3.12. The molecule has 0 spiro atoms. The third kappa shape index (κ3) is 5.34. The fraction of sp³-hybridized carbons (Fsp3) is 0.545. The maximum Gasteiger partial charge on any atom is 0.234 e. The van der Waals surface area contributed by atoms with Crippen LogP contribution in [0.5, 0.6) is 0 Å². The number of nitrogen functional groups attached to an aromatic ring is 1. The highest BCUT2D eigenvalue weighted by atomic mass is 16.5. The fourth-order valence-electron chi connectivity index (χ4n) is 3.12. The zero-order valence-electron chi connectivity index (χ0n) is 16.5. The molecule has 5 nitrogen and oxygen atoms in total. The van der Waals surface area contributed by atoms with Gasteiger partial charge in [-0.25, -0.2) is 0 Å². The quantitative estimate of drug-likeness (QED) is 0.409. The molecule has 0 fully saturated rings. The summed E-state index contributed by atoms with van der Waals surface area (Å²) in [6, 6.07) is 4.92. The van der Waals surface area contributed by atoms with E-state index in [1.165, 1.54) is 0 Å². The monoisotopic (exact) mass is 373 g/mol.